The van der Waals surface area contributed by atoms with Crippen LogP contribution in [-0.2, 0) is 4.79 Å². The molecule has 0 bridgehead atoms. The van der Waals surface area contributed by atoms with Crippen molar-refractivity contribution >= 4 is 27.5 Å². The number of hydrogen-bond acceptors (Lipinski definition) is 3. The lowest BCUT2D eigenvalue weighted by atomic mass is 9.96. The van der Waals surface area contributed by atoms with Gasteiger partial charge in [-0.3, -0.25) is 4.79 Å². The minimum absolute atomic E-state index is 0.248. The molecule has 2 atom stereocenters. The molecule has 1 aliphatic rings. The van der Waals surface area contributed by atoms with Crippen LogP contribution < -0.4 is 5.32 Å². The van der Waals surface area contributed by atoms with Gasteiger partial charge in [0.2, 0.25) is 0 Å². The first-order valence-electron chi connectivity index (χ1n) is 10.6. The second-order valence-corrected chi connectivity index (χ2v) is 9.38. The highest BCUT2D eigenvalue weighted by Crippen LogP contribution is 2.32. The number of piperidine rings is 1. The first kappa shape index (κ1) is 20.0. The highest BCUT2D eigenvalue weighted by atomic mass is 32.1. The van der Waals surface area contributed by atoms with Crippen molar-refractivity contribution in [2.75, 3.05) is 19.6 Å². The van der Waals surface area contributed by atoms with Crippen LogP contribution in [0.5, 0.6) is 0 Å². The molecule has 1 aromatic heterocycles. The first-order valence-corrected chi connectivity index (χ1v) is 11.4. The van der Waals surface area contributed by atoms with Gasteiger partial charge < -0.3 is 10.2 Å². The third kappa shape index (κ3) is 4.68. The van der Waals surface area contributed by atoms with E-state index in [1.54, 1.807) is 11.3 Å². The molecule has 1 aliphatic heterocycles. The molecule has 0 unspecified atom stereocenters. The molecule has 29 heavy (non-hydrogen) atoms. The average Bonchev–Trinajstić information content (AvgIpc) is 3.19. The summed E-state index contributed by atoms with van der Waals surface area (Å²) < 4.78 is 1.24. The zero-order valence-electron chi connectivity index (χ0n) is 17.3. The maximum absolute atomic E-state index is 13.0. The third-order valence-electron chi connectivity index (χ3n) is 5.88. The van der Waals surface area contributed by atoms with Gasteiger partial charge in [-0.15, -0.1) is 11.3 Å². The maximum atomic E-state index is 13.0. The monoisotopic (exact) mass is 408 g/mol. The summed E-state index contributed by atoms with van der Waals surface area (Å²) in [7, 11) is 0. The highest BCUT2D eigenvalue weighted by Gasteiger charge is 2.28. The summed E-state index contributed by atoms with van der Waals surface area (Å²) >= 11 is 1.78. The molecule has 5 heteroatoms. The topological polar surface area (TPSA) is 49.8 Å². The minimum Gasteiger partial charge on any atom is -0.337 e. The summed E-state index contributed by atoms with van der Waals surface area (Å²) in [5.74, 6) is 1.08. The number of quaternary nitrogens is 1. The van der Waals surface area contributed by atoms with Gasteiger partial charge in [0.25, 0.3) is 5.91 Å². The van der Waals surface area contributed by atoms with Gasteiger partial charge in [0.1, 0.15) is 6.04 Å². The van der Waals surface area contributed by atoms with E-state index in [1.165, 1.54) is 15.3 Å². The molecule has 4 nitrogen and oxygen atoms in total. The Kier molecular flexibility index (Phi) is 6.26. The van der Waals surface area contributed by atoms with Gasteiger partial charge in [0.15, 0.2) is 6.54 Å². The zero-order valence-corrected chi connectivity index (χ0v) is 18.1. The zero-order chi connectivity index (χ0) is 20.2. The number of aromatic nitrogens is 1. The molecule has 3 aromatic rings. The molecule has 152 valence electrons. The number of carbonyl (C=O) groups excluding carboxylic acids is 1. The fraction of sp³-hybridized carbons (Fsp3) is 0.417. The fourth-order valence-corrected chi connectivity index (χ4v) is 5.39. The molecule has 0 spiro atoms. The highest BCUT2D eigenvalue weighted by molar-refractivity contribution is 7.18. The van der Waals surface area contributed by atoms with E-state index in [0.29, 0.717) is 24.4 Å². The number of fused-ring (bicyclic) bond motifs is 1. The van der Waals surface area contributed by atoms with Crippen molar-refractivity contribution in [2.24, 2.45) is 5.92 Å². The van der Waals surface area contributed by atoms with E-state index in [1.807, 2.05) is 12.1 Å². The minimum atomic E-state index is 0.248. The Morgan fingerprint density at radius 2 is 1.93 bits per heavy atom. The van der Waals surface area contributed by atoms with Crippen molar-refractivity contribution in [2.45, 2.75) is 38.6 Å². The van der Waals surface area contributed by atoms with Gasteiger partial charge in [0, 0.05) is 30.5 Å². The molecule has 2 aromatic carbocycles. The van der Waals surface area contributed by atoms with E-state index in [-0.39, 0.29) is 5.91 Å². The van der Waals surface area contributed by atoms with Crippen molar-refractivity contribution in [1.29, 1.82) is 0 Å². The van der Waals surface area contributed by atoms with Gasteiger partial charge in [-0.1, -0.05) is 56.3 Å². The lowest BCUT2D eigenvalue weighted by molar-refractivity contribution is -0.692. The second kappa shape index (κ2) is 9.06. The predicted octanol–water partition coefficient (Wildman–Crippen LogP) is 3.96. The third-order valence-corrected chi connectivity index (χ3v) is 7.08. The van der Waals surface area contributed by atoms with Crippen LogP contribution in [-0.4, -0.2) is 35.4 Å². The molecule has 0 aliphatic carbocycles. The second-order valence-electron chi connectivity index (χ2n) is 8.32. The Balaban J connectivity index is 1.39. The number of amides is 1. The molecule has 0 saturated carbocycles. The number of hydrogen-bond donors (Lipinski definition) is 1. The molecule has 1 fully saturated rings. The molecule has 0 radical (unpaired) electrons. The number of nitrogens with two attached hydrogens (primary N) is 1. The Hall–Kier alpha value is -2.24. The Morgan fingerprint density at radius 1 is 1.17 bits per heavy atom. The van der Waals surface area contributed by atoms with Crippen LogP contribution in [0.2, 0.25) is 0 Å². The summed E-state index contributed by atoms with van der Waals surface area (Å²) in [6.07, 6.45) is 2.17. The molecular formula is C24H30N3OS+. The van der Waals surface area contributed by atoms with Crippen LogP contribution in [0.3, 0.4) is 0 Å². The number of benzene rings is 2. The van der Waals surface area contributed by atoms with Crippen molar-refractivity contribution in [3.63, 3.8) is 0 Å². The van der Waals surface area contributed by atoms with Gasteiger partial charge in [-0.2, -0.15) is 0 Å². The van der Waals surface area contributed by atoms with E-state index < -0.39 is 0 Å². The van der Waals surface area contributed by atoms with Crippen LogP contribution in [0.15, 0.2) is 54.6 Å². The molecule has 4 rings (SSSR count). The molecule has 2 N–H and O–H groups in total. The quantitative estimate of drug-likeness (QED) is 0.671. The fourth-order valence-electron chi connectivity index (χ4n) is 4.30. The standard InChI is InChI=1S/C24H29N3OS/c1-17(2)23(18-9-4-3-5-10-18)25-15-22(28)27-14-8-11-19(16-27)24-26-20-12-6-7-13-21(20)29-24/h3-7,9-10,12-13,17,19,23,25H,8,11,14-16H2,1-2H3/p+1/t19-,23-/m1/s1. The summed E-state index contributed by atoms with van der Waals surface area (Å²) in [6.45, 7) is 6.62. The van der Waals surface area contributed by atoms with Crippen molar-refractivity contribution in [1.82, 2.24) is 9.88 Å². The van der Waals surface area contributed by atoms with Crippen molar-refractivity contribution in [3.05, 3.63) is 65.2 Å². The Labute approximate surface area is 177 Å². The van der Waals surface area contributed by atoms with E-state index in [0.717, 1.165) is 31.4 Å². The lowest BCUT2D eigenvalue weighted by Gasteiger charge is -2.32. The molecule has 1 saturated heterocycles. The van der Waals surface area contributed by atoms with Crippen LogP contribution in [0.25, 0.3) is 10.2 Å². The van der Waals surface area contributed by atoms with Crippen LogP contribution in [0.4, 0.5) is 0 Å². The summed E-state index contributed by atoms with van der Waals surface area (Å²) in [6, 6.07) is 19.1. The van der Waals surface area contributed by atoms with Crippen LogP contribution in [0, 0.1) is 5.92 Å². The number of likely N-dealkylation sites (tertiary alicyclic amines) is 1. The van der Waals surface area contributed by atoms with Crippen molar-refractivity contribution < 1.29 is 10.1 Å². The first-order chi connectivity index (χ1) is 14.1. The Morgan fingerprint density at radius 3 is 2.69 bits per heavy atom. The number of para-hydroxylation sites is 1. The Bertz CT molecular complexity index is 920. The van der Waals surface area contributed by atoms with Gasteiger partial charge in [0.05, 0.1) is 15.2 Å². The number of rotatable bonds is 6. The van der Waals surface area contributed by atoms with E-state index >= 15 is 0 Å². The van der Waals surface area contributed by atoms with E-state index in [2.05, 4.69) is 66.5 Å². The van der Waals surface area contributed by atoms with Crippen molar-refractivity contribution in [3.8, 4) is 0 Å². The molecule has 1 amide bonds. The van der Waals surface area contributed by atoms with Crippen LogP contribution in [0.1, 0.15) is 49.2 Å². The van der Waals surface area contributed by atoms with E-state index in [4.69, 9.17) is 4.98 Å². The molecule has 2 heterocycles. The number of thiazole rings is 1. The summed E-state index contributed by atoms with van der Waals surface area (Å²) in [4.78, 5) is 19.9. The smallest absolute Gasteiger partial charge is 0.277 e. The summed E-state index contributed by atoms with van der Waals surface area (Å²) in [5.41, 5.74) is 2.37. The average molecular weight is 409 g/mol. The van der Waals surface area contributed by atoms with Gasteiger partial charge in [-0.25, -0.2) is 4.98 Å². The lowest BCUT2D eigenvalue weighted by Crippen LogP contribution is -2.88. The normalized spacial score (nSPS) is 18.3. The SMILES string of the molecule is CC(C)[C@@H]([NH2+]CC(=O)N1CCC[C@@H](c2nc3ccccc3s2)C1)c1ccccc1. The number of nitrogens with zero attached hydrogens (tertiary/aromatic N) is 2. The van der Waals surface area contributed by atoms with Gasteiger partial charge in [-0.05, 0) is 25.0 Å². The number of carbonyl (C=O) groups is 1. The van der Waals surface area contributed by atoms with Crippen LogP contribution >= 0.6 is 11.3 Å². The maximum Gasteiger partial charge on any atom is 0.277 e. The molecular weight excluding hydrogens is 378 g/mol. The largest absolute Gasteiger partial charge is 0.337 e. The van der Waals surface area contributed by atoms with Gasteiger partial charge >= 0.3 is 0 Å². The summed E-state index contributed by atoms with van der Waals surface area (Å²) in [5, 5.41) is 3.39. The van der Waals surface area contributed by atoms with E-state index in [9.17, 15) is 4.79 Å². The predicted molar refractivity (Wildman–Crippen MR) is 119 cm³/mol.